The normalized spacial score (nSPS) is 18.9. The minimum Gasteiger partial charge on any atom is -0.495 e. The molecule has 3 heterocycles. The van der Waals surface area contributed by atoms with Crippen molar-refractivity contribution in [3.8, 4) is 5.75 Å². The van der Waals surface area contributed by atoms with Crippen molar-refractivity contribution in [3.05, 3.63) is 120 Å². The van der Waals surface area contributed by atoms with Crippen LogP contribution in [0.25, 0.3) is 0 Å². The van der Waals surface area contributed by atoms with E-state index in [2.05, 4.69) is 85.2 Å². The molecule has 59 heavy (non-hydrogen) atoms. The Morgan fingerprint density at radius 1 is 0.627 bits per heavy atom. The average Bonchev–Trinajstić information content (AvgIpc) is 4.24. The molecule has 314 valence electrons. The van der Waals surface area contributed by atoms with Gasteiger partial charge < -0.3 is 9.64 Å². The highest BCUT2D eigenvalue weighted by Gasteiger charge is 2.51. The number of para-hydroxylation sites is 2. The first-order valence-corrected chi connectivity index (χ1v) is 21.6. The zero-order valence-corrected chi connectivity index (χ0v) is 35.3. The Hall–Kier alpha value is -4.68. The van der Waals surface area contributed by atoms with Crippen LogP contribution in [0.15, 0.2) is 103 Å². The van der Waals surface area contributed by atoms with Gasteiger partial charge in [-0.1, -0.05) is 86.6 Å². The predicted octanol–water partition coefficient (Wildman–Crippen LogP) is 7.10. The number of amides is 2. The third kappa shape index (κ3) is 10.7. The minimum absolute atomic E-state index is 0.0399. The molecule has 0 radical (unpaired) electrons. The van der Waals surface area contributed by atoms with Gasteiger partial charge in [-0.2, -0.15) is 0 Å². The second-order valence-electron chi connectivity index (χ2n) is 16.6. The maximum Gasteiger partial charge on any atom is 0.227 e. The van der Waals surface area contributed by atoms with Crippen molar-refractivity contribution in [2.24, 2.45) is 0 Å². The van der Waals surface area contributed by atoms with Crippen LogP contribution < -0.4 is 14.5 Å². The molecule has 2 amide bonds. The van der Waals surface area contributed by atoms with Crippen LogP contribution in [0.5, 0.6) is 5.75 Å². The molecular formula is C48H62FN7O3. The number of carbonyl (C=O) groups is 2. The van der Waals surface area contributed by atoms with Crippen molar-refractivity contribution >= 4 is 23.3 Å². The standard InChI is InChI=1S/C25H33N3O2.C23H29FN4O/c1-3-24(29)28(22-11-7-8-12-23(22)30-2)20-25(13-14-25)27-17-15-26(16-18-27)19-21-9-5-4-6-10-21;1-2-22(29)28(21-9-8-20(24)16-25-21)18-23(10-11-23)27-14-12-26(13-15-27)17-19-6-4-3-5-7-19/h4-12H,3,13-20H2,1-2H3;3-9,16H,2,10-15,17-18H2,1H3. The summed E-state index contributed by atoms with van der Waals surface area (Å²) in [6, 6.07) is 32.2. The first kappa shape index (κ1) is 42.4. The van der Waals surface area contributed by atoms with Gasteiger partial charge in [0.2, 0.25) is 11.8 Å². The van der Waals surface area contributed by atoms with Crippen molar-refractivity contribution in [3.63, 3.8) is 0 Å². The number of halogens is 1. The van der Waals surface area contributed by atoms with Gasteiger partial charge in [0.1, 0.15) is 17.4 Å². The van der Waals surface area contributed by atoms with Crippen LogP contribution >= 0.6 is 0 Å². The van der Waals surface area contributed by atoms with Gasteiger partial charge in [-0.05, 0) is 61.1 Å². The molecule has 4 aromatic rings. The molecular weight excluding hydrogens is 742 g/mol. The molecule has 10 nitrogen and oxygen atoms in total. The third-order valence-corrected chi connectivity index (χ3v) is 12.7. The van der Waals surface area contributed by atoms with E-state index in [0.717, 1.165) is 109 Å². The lowest BCUT2D eigenvalue weighted by atomic mass is 10.1. The number of hydrogen-bond acceptors (Lipinski definition) is 8. The van der Waals surface area contributed by atoms with Crippen LogP contribution in [-0.2, 0) is 22.7 Å². The quantitative estimate of drug-likeness (QED) is 0.126. The summed E-state index contributed by atoms with van der Waals surface area (Å²) in [5, 5.41) is 0. The number of aromatic nitrogens is 1. The molecule has 0 bridgehead atoms. The van der Waals surface area contributed by atoms with Gasteiger partial charge in [0.05, 0.1) is 19.0 Å². The van der Waals surface area contributed by atoms with E-state index >= 15 is 0 Å². The molecule has 0 spiro atoms. The Balaban J connectivity index is 0.000000179. The van der Waals surface area contributed by atoms with Crippen LogP contribution in [0, 0.1) is 5.82 Å². The van der Waals surface area contributed by atoms with E-state index in [1.54, 1.807) is 18.1 Å². The number of hydrogen-bond donors (Lipinski definition) is 0. The fourth-order valence-corrected chi connectivity index (χ4v) is 8.84. The zero-order valence-electron chi connectivity index (χ0n) is 35.3. The molecule has 2 saturated heterocycles. The lowest BCUT2D eigenvalue weighted by molar-refractivity contribution is -0.119. The molecule has 4 aliphatic rings. The van der Waals surface area contributed by atoms with Crippen LogP contribution in [0.1, 0.15) is 63.5 Å². The largest absolute Gasteiger partial charge is 0.495 e. The van der Waals surface area contributed by atoms with E-state index in [4.69, 9.17) is 4.74 Å². The highest BCUT2D eigenvalue weighted by atomic mass is 19.1. The SMILES string of the molecule is CCC(=O)N(CC1(N2CCN(Cc3ccccc3)CC2)CC1)c1ccc(F)cn1.CCC(=O)N(CC1(N2CCN(Cc3ccccc3)CC2)CC1)c1ccccc1OC. The molecule has 8 rings (SSSR count). The number of methoxy groups -OCH3 is 1. The minimum atomic E-state index is -0.381. The fourth-order valence-electron chi connectivity index (χ4n) is 8.84. The number of carbonyl (C=O) groups excluding carboxylic acids is 2. The predicted molar refractivity (Wildman–Crippen MR) is 233 cm³/mol. The van der Waals surface area contributed by atoms with Crippen molar-refractivity contribution in [1.29, 1.82) is 0 Å². The lowest BCUT2D eigenvalue weighted by Gasteiger charge is -2.41. The van der Waals surface area contributed by atoms with Crippen LogP contribution in [-0.4, -0.2) is 120 Å². The Morgan fingerprint density at radius 3 is 1.53 bits per heavy atom. The third-order valence-electron chi connectivity index (χ3n) is 12.7. The van der Waals surface area contributed by atoms with Gasteiger partial charge in [-0.3, -0.25) is 34.1 Å². The summed E-state index contributed by atoms with van der Waals surface area (Å²) in [5.74, 6) is 1.13. The average molecular weight is 804 g/mol. The van der Waals surface area contributed by atoms with Gasteiger partial charge in [0.25, 0.3) is 0 Å². The molecule has 0 N–H and O–H groups in total. The van der Waals surface area contributed by atoms with E-state index in [-0.39, 0.29) is 28.7 Å². The summed E-state index contributed by atoms with van der Waals surface area (Å²) in [6.45, 7) is 15.6. The maximum atomic E-state index is 13.3. The molecule has 1 aromatic heterocycles. The van der Waals surface area contributed by atoms with Gasteiger partial charge in [0, 0.05) is 102 Å². The van der Waals surface area contributed by atoms with Gasteiger partial charge >= 0.3 is 0 Å². The van der Waals surface area contributed by atoms with Crippen LogP contribution in [0.4, 0.5) is 15.9 Å². The van der Waals surface area contributed by atoms with Crippen molar-refractivity contribution in [1.82, 2.24) is 24.6 Å². The van der Waals surface area contributed by atoms with Crippen molar-refractivity contribution in [2.45, 2.75) is 76.5 Å². The molecule has 4 fully saturated rings. The second kappa shape index (κ2) is 19.6. The Bertz CT molecular complexity index is 1940. The zero-order chi connectivity index (χ0) is 41.2. The molecule has 2 aliphatic carbocycles. The van der Waals surface area contributed by atoms with Crippen LogP contribution in [0.2, 0.25) is 0 Å². The van der Waals surface area contributed by atoms with Crippen molar-refractivity contribution in [2.75, 3.05) is 82.4 Å². The van der Waals surface area contributed by atoms with Crippen LogP contribution in [0.3, 0.4) is 0 Å². The number of ether oxygens (including phenoxy) is 1. The Morgan fingerprint density at radius 2 is 1.08 bits per heavy atom. The Kier molecular flexibility index (Phi) is 14.1. The summed E-state index contributed by atoms with van der Waals surface area (Å²) in [4.78, 5) is 43.6. The molecule has 11 heteroatoms. The van der Waals surface area contributed by atoms with E-state index < -0.39 is 0 Å². The van der Waals surface area contributed by atoms with E-state index in [1.165, 1.54) is 23.4 Å². The topological polar surface area (TPSA) is 75.7 Å². The first-order valence-electron chi connectivity index (χ1n) is 21.6. The molecule has 0 unspecified atom stereocenters. The smallest absolute Gasteiger partial charge is 0.227 e. The lowest BCUT2D eigenvalue weighted by Crippen LogP contribution is -2.55. The molecule has 3 aromatic carbocycles. The van der Waals surface area contributed by atoms with Gasteiger partial charge in [-0.25, -0.2) is 9.37 Å². The summed E-state index contributed by atoms with van der Waals surface area (Å²) in [6.07, 6.45) is 6.62. The fraction of sp³-hybridized carbons (Fsp3) is 0.479. The number of pyridine rings is 1. The Labute approximate surface area is 350 Å². The number of piperazine rings is 2. The summed E-state index contributed by atoms with van der Waals surface area (Å²) >= 11 is 0. The first-order chi connectivity index (χ1) is 28.7. The van der Waals surface area contributed by atoms with E-state index in [1.807, 2.05) is 43.0 Å². The summed E-state index contributed by atoms with van der Waals surface area (Å²) < 4.78 is 18.8. The highest BCUT2D eigenvalue weighted by molar-refractivity contribution is 5.95. The van der Waals surface area contributed by atoms with E-state index in [9.17, 15) is 14.0 Å². The molecule has 0 atom stereocenters. The molecule has 2 aliphatic heterocycles. The monoisotopic (exact) mass is 803 g/mol. The van der Waals surface area contributed by atoms with E-state index in [0.29, 0.717) is 25.2 Å². The second-order valence-corrected chi connectivity index (χ2v) is 16.6. The summed E-state index contributed by atoms with van der Waals surface area (Å²) in [7, 11) is 1.67. The van der Waals surface area contributed by atoms with Gasteiger partial charge in [0.15, 0.2) is 0 Å². The summed E-state index contributed by atoms with van der Waals surface area (Å²) in [5.41, 5.74) is 3.78. The number of anilines is 2. The molecule has 2 saturated carbocycles. The van der Waals surface area contributed by atoms with Gasteiger partial charge in [-0.15, -0.1) is 0 Å². The van der Waals surface area contributed by atoms with Crippen molar-refractivity contribution < 1.29 is 18.7 Å². The number of rotatable bonds is 15. The highest BCUT2D eigenvalue weighted by Crippen LogP contribution is 2.45. The number of benzene rings is 3. The maximum absolute atomic E-state index is 13.3. The number of nitrogens with zero attached hydrogens (tertiary/aromatic N) is 7.